The van der Waals surface area contributed by atoms with Crippen molar-refractivity contribution < 1.29 is 8.78 Å². The van der Waals surface area contributed by atoms with Crippen LogP contribution in [0.25, 0.3) is 0 Å². The van der Waals surface area contributed by atoms with Crippen LogP contribution in [-0.2, 0) is 12.8 Å². The van der Waals surface area contributed by atoms with E-state index in [1.165, 1.54) is 23.8 Å². The van der Waals surface area contributed by atoms with E-state index in [-0.39, 0.29) is 18.0 Å². The van der Waals surface area contributed by atoms with Crippen molar-refractivity contribution in [3.8, 4) is 0 Å². The first-order valence-corrected chi connectivity index (χ1v) is 7.05. The maximum atomic E-state index is 13.6. The molecule has 2 nitrogen and oxygen atoms in total. The summed E-state index contributed by atoms with van der Waals surface area (Å²) in [6, 6.07) is 5.80. The van der Waals surface area contributed by atoms with E-state index in [0.717, 1.165) is 12.8 Å². The van der Waals surface area contributed by atoms with Gasteiger partial charge in [0.2, 0.25) is 0 Å². The fourth-order valence-corrected chi connectivity index (χ4v) is 2.70. The highest BCUT2D eigenvalue weighted by molar-refractivity contribution is 7.07. The molecule has 0 bridgehead atoms. The van der Waals surface area contributed by atoms with Gasteiger partial charge in [-0.1, -0.05) is 6.07 Å². The van der Waals surface area contributed by atoms with Crippen molar-refractivity contribution in [2.24, 2.45) is 5.84 Å². The van der Waals surface area contributed by atoms with Gasteiger partial charge in [0.15, 0.2) is 0 Å². The summed E-state index contributed by atoms with van der Waals surface area (Å²) in [6.45, 7) is 0. The minimum absolute atomic E-state index is 0.0933. The number of benzene rings is 1. The molecule has 0 aliphatic rings. The van der Waals surface area contributed by atoms with Gasteiger partial charge in [0, 0.05) is 11.6 Å². The Morgan fingerprint density at radius 2 is 1.95 bits per heavy atom. The zero-order valence-electron chi connectivity index (χ0n) is 10.4. The van der Waals surface area contributed by atoms with Crippen LogP contribution >= 0.6 is 11.3 Å². The van der Waals surface area contributed by atoms with Crippen molar-refractivity contribution >= 4 is 11.3 Å². The number of halogens is 2. The lowest BCUT2D eigenvalue weighted by molar-refractivity contribution is 0.464. The monoisotopic (exact) mass is 282 g/mol. The van der Waals surface area contributed by atoms with E-state index in [1.807, 2.05) is 11.4 Å². The molecule has 1 aromatic heterocycles. The molecule has 3 N–H and O–H groups in total. The van der Waals surface area contributed by atoms with Crippen LogP contribution in [0, 0.1) is 11.6 Å². The van der Waals surface area contributed by atoms with E-state index in [4.69, 9.17) is 5.84 Å². The SMILES string of the molecule is NNC(CCc1ccsc1)Cc1c(F)cccc1F. The number of hydrazine groups is 1. The van der Waals surface area contributed by atoms with Gasteiger partial charge >= 0.3 is 0 Å². The van der Waals surface area contributed by atoms with Crippen LogP contribution in [-0.4, -0.2) is 6.04 Å². The second kappa shape index (κ2) is 6.75. The molecule has 0 fully saturated rings. The van der Waals surface area contributed by atoms with E-state index in [0.29, 0.717) is 0 Å². The molecule has 2 rings (SSSR count). The molecule has 0 saturated heterocycles. The first-order valence-electron chi connectivity index (χ1n) is 6.11. The molecule has 0 amide bonds. The number of hydrogen-bond acceptors (Lipinski definition) is 3. The summed E-state index contributed by atoms with van der Waals surface area (Å²) in [5, 5.41) is 4.08. The molecule has 1 heterocycles. The van der Waals surface area contributed by atoms with Gasteiger partial charge in [-0.2, -0.15) is 11.3 Å². The average Bonchev–Trinajstić information content (AvgIpc) is 2.91. The van der Waals surface area contributed by atoms with Crippen LogP contribution in [0.4, 0.5) is 8.78 Å². The molecule has 0 radical (unpaired) electrons. The Morgan fingerprint density at radius 3 is 2.53 bits per heavy atom. The van der Waals surface area contributed by atoms with Gasteiger partial charge in [0.1, 0.15) is 11.6 Å². The lowest BCUT2D eigenvalue weighted by Crippen LogP contribution is -2.37. The number of aryl methyl sites for hydroxylation is 1. The Hall–Kier alpha value is -1.30. The molecule has 1 unspecified atom stereocenters. The predicted molar refractivity (Wildman–Crippen MR) is 73.8 cm³/mol. The summed E-state index contributed by atoms with van der Waals surface area (Å²) in [5.74, 6) is 4.43. The predicted octanol–water partition coefficient (Wildman–Crippen LogP) is 3.03. The fourth-order valence-electron chi connectivity index (χ4n) is 1.99. The maximum Gasteiger partial charge on any atom is 0.129 e. The van der Waals surface area contributed by atoms with Gasteiger partial charge in [-0.05, 0) is 53.8 Å². The van der Waals surface area contributed by atoms with E-state index in [9.17, 15) is 8.78 Å². The summed E-state index contributed by atoms with van der Waals surface area (Å²) in [5.41, 5.74) is 3.95. The Bertz CT molecular complexity index is 494. The van der Waals surface area contributed by atoms with Gasteiger partial charge in [0.25, 0.3) is 0 Å². The Labute approximate surface area is 115 Å². The summed E-state index contributed by atoms with van der Waals surface area (Å²) in [7, 11) is 0. The second-order valence-corrected chi connectivity index (χ2v) is 5.22. The topological polar surface area (TPSA) is 38.0 Å². The molecule has 1 aromatic carbocycles. The Kier molecular flexibility index (Phi) is 5.01. The number of rotatable bonds is 6. The van der Waals surface area contributed by atoms with Crippen LogP contribution in [0.15, 0.2) is 35.0 Å². The highest BCUT2D eigenvalue weighted by Gasteiger charge is 2.14. The van der Waals surface area contributed by atoms with Crippen LogP contribution in [0.2, 0.25) is 0 Å². The molecule has 0 aliphatic carbocycles. The fraction of sp³-hybridized carbons (Fsp3) is 0.286. The van der Waals surface area contributed by atoms with E-state index >= 15 is 0 Å². The lowest BCUT2D eigenvalue weighted by atomic mass is 10.00. The number of thiophene rings is 1. The molecular weight excluding hydrogens is 266 g/mol. The van der Waals surface area contributed by atoms with Gasteiger partial charge in [-0.3, -0.25) is 11.3 Å². The summed E-state index contributed by atoms with van der Waals surface area (Å²) in [6.07, 6.45) is 1.83. The highest BCUT2D eigenvalue weighted by Crippen LogP contribution is 2.17. The first-order chi connectivity index (χ1) is 9.20. The number of nitrogens with two attached hydrogens (primary N) is 1. The third-order valence-corrected chi connectivity index (χ3v) is 3.84. The van der Waals surface area contributed by atoms with Crippen LogP contribution in [0.5, 0.6) is 0 Å². The second-order valence-electron chi connectivity index (χ2n) is 4.44. The van der Waals surface area contributed by atoms with Gasteiger partial charge < -0.3 is 0 Å². The molecule has 102 valence electrons. The Balaban J connectivity index is 1.98. The van der Waals surface area contributed by atoms with Crippen molar-refractivity contribution in [3.05, 3.63) is 57.8 Å². The lowest BCUT2D eigenvalue weighted by Gasteiger charge is -2.16. The largest absolute Gasteiger partial charge is 0.271 e. The Morgan fingerprint density at radius 1 is 1.21 bits per heavy atom. The molecule has 2 aromatic rings. The van der Waals surface area contributed by atoms with Gasteiger partial charge in [0.05, 0.1) is 0 Å². The molecule has 0 aliphatic heterocycles. The smallest absolute Gasteiger partial charge is 0.129 e. The molecular formula is C14H16F2N2S. The molecule has 0 saturated carbocycles. The normalized spacial score (nSPS) is 12.6. The van der Waals surface area contributed by atoms with E-state index in [2.05, 4.69) is 10.8 Å². The maximum absolute atomic E-state index is 13.6. The zero-order valence-corrected chi connectivity index (χ0v) is 11.2. The average molecular weight is 282 g/mol. The number of nitrogens with one attached hydrogen (secondary N) is 1. The minimum Gasteiger partial charge on any atom is -0.271 e. The zero-order chi connectivity index (χ0) is 13.7. The third-order valence-electron chi connectivity index (χ3n) is 3.11. The van der Waals surface area contributed by atoms with Gasteiger partial charge in [-0.25, -0.2) is 8.78 Å². The van der Waals surface area contributed by atoms with Crippen LogP contribution in [0.3, 0.4) is 0 Å². The molecule has 5 heteroatoms. The van der Waals surface area contributed by atoms with E-state index in [1.54, 1.807) is 11.3 Å². The molecule has 0 spiro atoms. The van der Waals surface area contributed by atoms with Crippen molar-refractivity contribution in [2.45, 2.75) is 25.3 Å². The number of hydrogen-bond donors (Lipinski definition) is 2. The van der Waals surface area contributed by atoms with E-state index < -0.39 is 11.6 Å². The van der Waals surface area contributed by atoms with Crippen molar-refractivity contribution in [3.63, 3.8) is 0 Å². The van der Waals surface area contributed by atoms with Crippen molar-refractivity contribution in [1.82, 2.24) is 5.43 Å². The quantitative estimate of drug-likeness (QED) is 0.631. The first kappa shape index (κ1) is 14.1. The van der Waals surface area contributed by atoms with Crippen LogP contribution in [0.1, 0.15) is 17.5 Å². The molecule has 1 atom stereocenters. The summed E-state index contributed by atoms with van der Waals surface area (Å²) < 4.78 is 27.1. The summed E-state index contributed by atoms with van der Waals surface area (Å²) >= 11 is 1.64. The van der Waals surface area contributed by atoms with Crippen LogP contribution < -0.4 is 11.3 Å². The van der Waals surface area contributed by atoms with Gasteiger partial charge in [-0.15, -0.1) is 0 Å². The standard InChI is InChI=1S/C14H16F2N2S/c15-13-2-1-3-14(16)12(13)8-11(18-17)5-4-10-6-7-19-9-10/h1-3,6-7,9,11,18H,4-5,8,17H2. The molecule has 19 heavy (non-hydrogen) atoms. The highest BCUT2D eigenvalue weighted by atomic mass is 32.1. The third kappa shape index (κ3) is 3.83. The van der Waals surface area contributed by atoms with Crippen molar-refractivity contribution in [2.75, 3.05) is 0 Å². The van der Waals surface area contributed by atoms with Crippen molar-refractivity contribution in [1.29, 1.82) is 0 Å². The summed E-state index contributed by atoms with van der Waals surface area (Å²) in [4.78, 5) is 0. The minimum atomic E-state index is -0.518.